The Hall–Kier alpha value is -1.92. The Morgan fingerprint density at radius 2 is 2.24 bits per heavy atom. The number of aromatic nitrogens is 3. The SMILES string of the molecule is NCCc1cn(CC(=O)NCCc2cccc(Cl)c2)nn1. The molecule has 6 nitrogen and oxygen atoms in total. The maximum absolute atomic E-state index is 11.8. The summed E-state index contributed by atoms with van der Waals surface area (Å²) < 4.78 is 1.51. The van der Waals surface area contributed by atoms with Crippen LogP contribution in [0, 0.1) is 0 Å². The summed E-state index contributed by atoms with van der Waals surface area (Å²) in [6, 6.07) is 7.60. The second-order valence-corrected chi connectivity index (χ2v) is 5.11. The second-order valence-electron chi connectivity index (χ2n) is 4.68. The Balaban J connectivity index is 1.74. The number of hydrogen-bond donors (Lipinski definition) is 2. The topological polar surface area (TPSA) is 85.8 Å². The fourth-order valence-corrected chi connectivity index (χ4v) is 2.13. The van der Waals surface area contributed by atoms with Gasteiger partial charge >= 0.3 is 0 Å². The average molecular weight is 308 g/mol. The maximum atomic E-state index is 11.8. The summed E-state index contributed by atoms with van der Waals surface area (Å²) >= 11 is 5.91. The van der Waals surface area contributed by atoms with Crippen molar-refractivity contribution in [2.45, 2.75) is 19.4 Å². The van der Waals surface area contributed by atoms with Crippen molar-refractivity contribution in [2.75, 3.05) is 13.1 Å². The van der Waals surface area contributed by atoms with Gasteiger partial charge in [-0.15, -0.1) is 5.10 Å². The van der Waals surface area contributed by atoms with Crippen LogP contribution in [0.3, 0.4) is 0 Å². The zero-order chi connectivity index (χ0) is 15.1. The van der Waals surface area contributed by atoms with E-state index in [2.05, 4.69) is 15.6 Å². The molecular formula is C14H18ClN5O. The molecule has 0 atom stereocenters. The lowest BCUT2D eigenvalue weighted by atomic mass is 10.1. The van der Waals surface area contributed by atoms with Crippen molar-refractivity contribution in [3.63, 3.8) is 0 Å². The van der Waals surface area contributed by atoms with E-state index in [1.807, 2.05) is 24.3 Å². The monoisotopic (exact) mass is 307 g/mol. The summed E-state index contributed by atoms with van der Waals surface area (Å²) in [4.78, 5) is 11.8. The van der Waals surface area contributed by atoms with E-state index >= 15 is 0 Å². The lowest BCUT2D eigenvalue weighted by molar-refractivity contribution is -0.121. The van der Waals surface area contributed by atoms with Crippen LogP contribution in [0.4, 0.5) is 0 Å². The molecule has 0 spiro atoms. The largest absolute Gasteiger partial charge is 0.354 e. The molecule has 2 aromatic rings. The van der Waals surface area contributed by atoms with Gasteiger partial charge in [-0.25, -0.2) is 4.68 Å². The van der Waals surface area contributed by atoms with Crippen molar-refractivity contribution in [2.24, 2.45) is 5.73 Å². The van der Waals surface area contributed by atoms with Crippen LogP contribution in [0.25, 0.3) is 0 Å². The molecule has 112 valence electrons. The van der Waals surface area contributed by atoms with Gasteiger partial charge in [-0.1, -0.05) is 28.9 Å². The molecule has 0 aliphatic carbocycles. The predicted molar refractivity (Wildman–Crippen MR) is 80.9 cm³/mol. The molecule has 1 heterocycles. The quantitative estimate of drug-likeness (QED) is 0.792. The highest BCUT2D eigenvalue weighted by Crippen LogP contribution is 2.10. The van der Waals surface area contributed by atoms with Crippen molar-refractivity contribution in [3.8, 4) is 0 Å². The van der Waals surface area contributed by atoms with Crippen LogP contribution < -0.4 is 11.1 Å². The van der Waals surface area contributed by atoms with Crippen molar-refractivity contribution >= 4 is 17.5 Å². The number of rotatable bonds is 7. The third kappa shape index (κ3) is 5.17. The van der Waals surface area contributed by atoms with Crippen LogP contribution >= 0.6 is 11.6 Å². The molecule has 0 saturated carbocycles. The number of nitrogens with one attached hydrogen (secondary N) is 1. The lowest BCUT2D eigenvalue weighted by Gasteiger charge is -2.05. The number of carbonyl (C=O) groups excluding carboxylic acids is 1. The van der Waals surface area contributed by atoms with Crippen molar-refractivity contribution in [1.82, 2.24) is 20.3 Å². The van der Waals surface area contributed by atoms with E-state index in [1.165, 1.54) is 4.68 Å². The van der Waals surface area contributed by atoms with Crippen LogP contribution in [0.5, 0.6) is 0 Å². The third-order valence-electron chi connectivity index (χ3n) is 2.92. The van der Waals surface area contributed by atoms with Crippen LogP contribution in [-0.2, 0) is 24.2 Å². The molecule has 0 radical (unpaired) electrons. The molecule has 7 heteroatoms. The zero-order valence-electron chi connectivity index (χ0n) is 11.6. The number of benzene rings is 1. The number of nitrogens with zero attached hydrogens (tertiary/aromatic N) is 3. The van der Waals surface area contributed by atoms with Gasteiger partial charge < -0.3 is 11.1 Å². The Morgan fingerprint density at radius 3 is 3.00 bits per heavy atom. The normalized spacial score (nSPS) is 10.6. The van der Waals surface area contributed by atoms with Gasteiger partial charge in [0.05, 0.1) is 5.69 Å². The summed E-state index contributed by atoms with van der Waals surface area (Å²) in [5.41, 5.74) is 7.32. The van der Waals surface area contributed by atoms with E-state index in [4.69, 9.17) is 17.3 Å². The van der Waals surface area contributed by atoms with Crippen molar-refractivity contribution in [1.29, 1.82) is 0 Å². The smallest absolute Gasteiger partial charge is 0.241 e. The molecular weight excluding hydrogens is 290 g/mol. The fourth-order valence-electron chi connectivity index (χ4n) is 1.92. The van der Waals surface area contributed by atoms with Gasteiger partial charge in [-0.05, 0) is 30.7 Å². The van der Waals surface area contributed by atoms with E-state index in [0.717, 1.165) is 17.7 Å². The van der Waals surface area contributed by atoms with Gasteiger partial charge in [0.1, 0.15) is 6.54 Å². The van der Waals surface area contributed by atoms with Crippen molar-refractivity contribution < 1.29 is 4.79 Å². The molecule has 21 heavy (non-hydrogen) atoms. The minimum absolute atomic E-state index is 0.0961. The number of amides is 1. The first kappa shape index (κ1) is 15.5. The van der Waals surface area contributed by atoms with Gasteiger partial charge in [0.25, 0.3) is 0 Å². The van der Waals surface area contributed by atoms with E-state index in [9.17, 15) is 4.79 Å². The number of carbonyl (C=O) groups is 1. The Bertz CT molecular complexity index is 599. The van der Waals surface area contributed by atoms with E-state index in [-0.39, 0.29) is 12.5 Å². The second kappa shape index (κ2) is 7.75. The van der Waals surface area contributed by atoms with Crippen LogP contribution in [0.2, 0.25) is 5.02 Å². The van der Waals surface area contributed by atoms with Crippen molar-refractivity contribution in [3.05, 3.63) is 46.7 Å². The van der Waals surface area contributed by atoms with Gasteiger partial charge in [0.15, 0.2) is 0 Å². The first-order valence-electron chi connectivity index (χ1n) is 6.77. The molecule has 3 N–H and O–H groups in total. The summed E-state index contributed by atoms with van der Waals surface area (Å²) in [7, 11) is 0. The average Bonchev–Trinajstić information content (AvgIpc) is 2.86. The minimum Gasteiger partial charge on any atom is -0.354 e. The van der Waals surface area contributed by atoms with Crippen LogP contribution in [0.15, 0.2) is 30.5 Å². The number of hydrogen-bond acceptors (Lipinski definition) is 4. The summed E-state index contributed by atoms with van der Waals surface area (Å²) in [5.74, 6) is -0.0961. The number of nitrogens with two attached hydrogens (primary N) is 1. The fraction of sp³-hybridized carbons (Fsp3) is 0.357. The summed E-state index contributed by atoms with van der Waals surface area (Å²) in [6.07, 6.45) is 3.14. The first-order chi connectivity index (χ1) is 10.2. The van der Waals surface area contributed by atoms with Gasteiger partial charge in [0.2, 0.25) is 5.91 Å². The number of halogens is 1. The summed E-state index contributed by atoms with van der Waals surface area (Å²) in [6.45, 7) is 1.24. The van der Waals surface area contributed by atoms with Gasteiger partial charge in [0, 0.05) is 24.2 Å². The molecule has 1 aromatic heterocycles. The molecule has 0 saturated heterocycles. The van der Waals surface area contributed by atoms with E-state index in [1.54, 1.807) is 6.20 Å². The third-order valence-corrected chi connectivity index (χ3v) is 3.15. The molecule has 0 fully saturated rings. The van der Waals surface area contributed by atoms with Crippen LogP contribution in [0.1, 0.15) is 11.3 Å². The van der Waals surface area contributed by atoms with Gasteiger partial charge in [-0.3, -0.25) is 4.79 Å². The van der Waals surface area contributed by atoms with E-state index < -0.39 is 0 Å². The van der Waals surface area contributed by atoms with Gasteiger partial charge in [-0.2, -0.15) is 0 Å². The maximum Gasteiger partial charge on any atom is 0.241 e. The summed E-state index contributed by atoms with van der Waals surface area (Å²) in [5, 5.41) is 11.4. The Kier molecular flexibility index (Phi) is 5.71. The Morgan fingerprint density at radius 1 is 1.38 bits per heavy atom. The highest BCUT2D eigenvalue weighted by molar-refractivity contribution is 6.30. The first-order valence-corrected chi connectivity index (χ1v) is 7.15. The highest BCUT2D eigenvalue weighted by atomic mass is 35.5. The Labute approximate surface area is 128 Å². The zero-order valence-corrected chi connectivity index (χ0v) is 12.4. The molecule has 0 aliphatic heterocycles. The predicted octanol–water partition coefficient (Wildman–Crippen LogP) is 0.792. The molecule has 2 rings (SSSR count). The molecule has 0 unspecified atom stereocenters. The molecule has 0 bridgehead atoms. The molecule has 1 amide bonds. The highest BCUT2D eigenvalue weighted by Gasteiger charge is 2.05. The standard InChI is InChI=1S/C14H18ClN5O/c15-12-3-1-2-11(8-12)5-7-17-14(21)10-20-9-13(4-6-16)18-19-20/h1-3,8-9H,4-7,10,16H2,(H,17,21). The molecule has 0 aliphatic rings. The molecule has 1 aromatic carbocycles. The lowest BCUT2D eigenvalue weighted by Crippen LogP contribution is -2.29. The van der Waals surface area contributed by atoms with Crippen LogP contribution in [-0.4, -0.2) is 34.0 Å². The minimum atomic E-state index is -0.0961. The van der Waals surface area contributed by atoms with E-state index in [0.29, 0.717) is 24.5 Å².